The van der Waals surface area contributed by atoms with Crippen molar-refractivity contribution in [1.29, 1.82) is 0 Å². The van der Waals surface area contributed by atoms with Gasteiger partial charge in [0.05, 0.1) is 11.0 Å². The number of rotatable bonds is 3. The van der Waals surface area contributed by atoms with Gasteiger partial charge in [-0.1, -0.05) is 30.8 Å². The molecule has 1 aliphatic rings. The van der Waals surface area contributed by atoms with Crippen LogP contribution in [0, 0.1) is 6.92 Å². The van der Waals surface area contributed by atoms with Crippen LogP contribution in [0.3, 0.4) is 0 Å². The Morgan fingerprint density at radius 1 is 1.30 bits per heavy atom. The van der Waals surface area contributed by atoms with Crippen molar-refractivity contribution in [3.63, 3.8) is 0 Å². The standard InChI is InChI=1S/C20H20N2O/c1-13(2)20-11-16-10-15(8-9-19(16)23-20)12-22-14(3)21-17-6-4-5-7-18(17)22/h4-10,20H,1,11-12H2,2-3H3/t20-/m1/s1. The zero-order valence-electron chi connectivity index (χ0n) is 13.5. The van der Waals surface area contributed by atoms with Crippen LogP contribution in [0.4, 0.5) is 0 Å². The number of fused-ring (bicyclic) bond motifs is 2. The molecule has 0 unspecified atom stereocenters. The van der Waals surface area contributed by atoms with Gasteiger partial charge in [0.1, 0.15) is 17.7 Å². The molecule has 1 aliphatic heterocycles. The smallest absolute Gasteiger partial charge is 0.123 e. The minimum absolute atomic E-state index is 0.121. The molecule has 0 fully saturated rings. The van der Waals surface area contributed by atoms with E-state index in [-0.39, 0.29) is 6.10 Å². The van der Waals surface area contributed by atoms with Gasteiger partial charge in [0.25, 0.3) is 0 Å². The van der Waals surface area contributed by atoms with E-state index in [1.165, 1.54) is 16.6 Å². The molecule has 1 atom stereocenters. The molecule has 3 heteroatoms. The van der Waals surface area contributed by atoms with Gasteiger partial charge in [0, 0.05) is 13.0 Å². The lowest BCUT2D eigenvalue weighted by molar-refractivity contribution is 0.271. The minimum atomic E-state index is 0.121. The van der Waals surface area contributed by atoms with Crippen molar-refractivity contribution in [2.24, 2.45) is 0 Å². The minimum Gasteiger partial charge on any atom is -0.485 e. The Hall–Kier alpha value is -2.55. The number of hydrogen-bond donors (Lipinski definition) is 0. The summed E-state index contributed by atoms with van der Waals surface area (Å²) in [4.78, 5) is 4.64. The summed E-state index contributed by atoms with van der Waals surface area (Å²) in [6.07, 6.45) is 1.04. The molecule has 0 radical (unpaired) electrons. The number of ether oxygens (including phenoxy) is 1. The van der Waals surface area contributed by atoms with Crippen LogP contribution in [0.1, 0.15) is 23.9 Å². The molecule has 1 aromatic heterocycles. The molecule has 3 nitrogen and oxygen atoms in total. The van der Waals surface area contributed by atoms with Crippen molar-refractivity contribution in [3.8, 4) is 5.75 Å². The Morgan fingerprint density at radius 3 is 2.96 bits per heavy atom. The Kier molecular flexibility index (Phi) is 3.22. The van der Waals surface area contributed by atoms with Crippen LogP contribution in [-0.4, -0.2) is 15.7 Å². The van der Waals surface area contributed by atoms with Gasteiger partial charge in [0.15, 0.2) is 0 Å². The highest BCUT2D eigenvalue weighted by atomic mass is 16.5. The maximum absolute atomic E-state index is 5.93. The number of aromatic nitrogens is 2. The number of hydrogen-bond acceptors (Lipinski definition) is 2. The number of aryl methyl sites for hydroxylation is 1. The zero-order chi connectivity index (χ0) is 16.0. The molecule has 116 valence electrons. The quantitative estimate of drug-likeness (QED) is 0.676. The molecule has 2 aromatic carbocycles. The van der Waals surface area contributed by atoms with Crippen molar-refractivity contribution in [2.75, 3.05) is 0 Å². The number of nitrogens with zero attached hydrogens (tertiary/aromatic N) is 2. The third-order valence-corrected chi connectivity index (χ3v) is 4.54. The third-order valence-electron chi connectivity index (χ3n) is 4.54. The summed E-state index contributed by atoms with van der Waals surface area (Å²) in [7, 11) is 0. The highest BCUT2D eigenvalue weighted by Gasteiger charge is 2.23. The van der Waals surface area contributed by atoms with E-state index in [0.717, 1.165) is 35.6 Å². The van der Waals surface area contributed by atoms with Crippen LogP contribution in [0.2, 0.25) is 0 Å². The average Bonchev–Trinajstić information content (AvgIpc) is 3.09. The van der Waals surface area contributed by atoms with Crippen LogP contribution in [-0.2, 0) is 13.0 Å². The topological polar surface area (TPSA) is 27.1 Å². The first-order valence-corrected chi connectivity index (χ1v) is 7.97. The largest absolute Gasteiger partial charge is 0.485 e. The van der Waals surface area contributed by atoms with Crippen LogP contribution in [0.25, 0.3) is 11.0 Å². The van der Waals surface area contributed by atoms with E-state index < -0.39 is 0 Å². The fourth-order valence-corrected chi connectivity index (χ4v) is 3.25. The van der Waals surface area contributed by atoms with Gasteiger partial charge in [-0.15, -0.1) is 0 Å². The van der Waals surface area contributed by atoms with E-state index in [4.69, 9.17) is 4.74 Å². The maximum Gasteiger partial charge on any atom is 0.123 e. The highest BCUT2D eigenvalue weighted by molar-refractivity contribution is 5.76. The van der Waals surface area contributed by atoms with Gasteiger partial charge in [-0.3, -0.25) is 0 Å². The first kappa shape index (κ1) is 14.1. The van der Waals surface area contributed by atoms with E-state index in [9.17, 15) is 0 Å². The lowest BCUT2D eigenvalue weighted by Gasteiger charge is -2.09. The van der Waals surface area contributed by atoms with Crippen molar-refractivity contribution in [1.82, 2.24) is 9.55 Å². The zero-order valence-corrected chi connectivity index (χ0v) is 13.5. The lowest BCUT2D eigenvalue weighted by Crippen LogP contribution is -2.13. The third kappa shape index (κ3) is 2.42. The second kappa shape index (κ2) is 5.27. The van der Waals surface area contributed by atoms with E-state index >= 15 is 0 Å². The molecule has 0 amide bonds. The molecule has 0 N–H and O–H groups in total. The summed E-state index contributed by atoms with van der Waals surface area (Å²) in [6, 6.07) is 14.8. The first-order chi connectivity index (χ1) is 11.1. The summed E-state index contributed by atoms with van der Waals surface area (Å²) in [5.74, 6) is 2.04. The van der Waals surface area contributed by atoms with Gasteiger partial charge in [-0.2, -0.15) is 0 Å². The normalized spacial score (nSPS) is 16.3. The van der Waals surface area contributed by atoms with Crippen molar-refractivity contribution < 1.29 is 4.74 Å². The summed E-state index contributed by atoms with van der Waals surface area (Å²) in [5.41, 5.74) is 5.87. The van der Waals surface area contributed by atoms with Gasteiger partial charge in [0.2, 0.25) is 0 Å². The Labute approximate surface area is 136 Å². The predicted molar refractivity (Wildman–Crippen MR) is 92.9 cm³/mol. The van der Waals surface area contributed by atoms with Crippen molar-refractivity contribution in [2.45, 2.75) is 32.9 Å². The second-order valence-electron chi connectivity index (χ2n) is 6.33. The molecule has 0 bridgehead atoms. The molecule has 0 aliphatic carbocycles. The highest BCUT2D eigenvalue weighted by Crippen LogP contribution is 2.32. The molecule has 0 spiro atoms. The molecule has 4 rings (SSSR count). The van der Waals surface area contributed by atoms with E-state index in [1.807, 2.05) is 13.0 Å². The summed E-state index contributed by atoms with van der Waals surface area (Å²) in [5, 5.41) is 0. The van der Waals surface area contributed by atoms with Gasteiger partial charge in [-0.25, -0.2) is 4.98 Å². The fourth-order valence-electron chi connectivity index (χ4n) is 3.25. The van der Waals surface area contributed by atoms with E-state index in [1.54, 1.807) is 0 Å². The molecule has 0 saturated carbocycles. The molecule has 3 aromatic rings. The molecular weight excluding hydrogens is 284 g/mol. The lowest BCUT2D eigenvalue weighted by atomic mass is 10.0. The van der Waals surface area contributed by atoms with E-state index in [0.29, 0.717) is 0 Å². The molecule has 23 heavy (non-hydrogen) atoms. The van der Waals surface area contributed by atoms with E-state index in [2.05, 4.69) is 59.5 Å². The van der Waals surface area contributed by atoms with Crippen LogP contribution in [0.5, 0.6) is 5.75 Å². The van der Waals surface area contributed by atoms with Crippen LogP contribution < -0.4 is 4.74 Å². The van der Waals surface area contributed by atoms with Crippen molar-refractivity contribution >= 4 is 11.0 Å². The second-order valence-corrected chi connectivity index (χ2v) is 6.33. The molecule has 2 heterocycles. The Bertz CT molecular complexity index is 907. The predicted octanol–water partition coefficient (Wildman–Crippen LogP) is 4.27. The molecular formula is C20H20N2O. The van der Waals surface area contributed by atoms with Gasteiger partial charge in [-0.05, 0) is 48.7 Å². The van der Waals surface area contributed by atoms with Crippen LogP contribution in [0.15, 0.2) is 54.6 Å². The summed E-state index contributed by atoms with van der Waals surface area (Å²) >= 11 is 0. The SMILES string of the molecule is C=C(C)[C@H]1Cc2cc(Cn3c(C)nc4ccccc43)ccc2O1. The van der Waals surface area contributed by atoms with Gasteiger partial charge < -0.3 is 9.30 Å². The maximum atomic E-state index is 5.93. The Morgan fingerprint density at radius 2 is 2.13 bits per heavy atom. The monoisotopic (exact) mass is 304 g/mol. The number of benzene rings is 2. The summed E-state index contributed by atoms with van der Waals surface area (Å²) in [6.45, 7) is 8.93. The van der Waals surface area contributed by atoms with Gasteiger partial charge >= 0.3 is 0 Å². The fraction of sp³-hybridized carbons (Fsp3) is 0.250. The van der Waals surface area contributed by atoms with Crippen LogP contribution >= 0.6 is 0 Å². The average molecular weight is 304 g/mol. The summed E-state index contributed by atoms with van der Waals surface area (Å²) < 4.78 is 8.20. The Balaban J connectivity index is 1.67. The number of imidazole rings is 1. The molecule has 0 saturated heterocycles. The number of para-hydroxylation sites is 2. The first-order valence-electron chi connectivity index (χ1n) is 7.97. The van der Waals surface area contributed by atoms with Crippen molar-refractivity contribution in [3.05, 3.63) is 71.6 Å².